The highest BCUT2D eigenvalue weighted by molar-refractivity contribution is 5.43. The fourth-order valence-electron chi connectivity index (χ4n) is 8.78. The number of aliphatic hydroxyl groups is 3. The number of rotatable bonds is 10. The van der Waals surface area contributed by atoms with Crippen molar-refractivity contribution >= 4 is 0 Å². The van der Waals surface area contributed by atoms with Gasteiger partial charge in [-0.2, -0.15) is 15.6 Å². The first-order valence-electron chi connectivity index (χ1n) is 19.3. The Bertz CT molecular complexity index is 1630. The Labute approximate surface area is 313 Å². The van der Waals surface area contributed by atoms with E-state index in [9.17, 15) is 25.8 Å². The molecule has 282 valence electrons. The molecule has 1 heterocycles. The van der Waals surface area contributed by atoms with Gasteiger partial charge in [0.1, 0.15) is 12.7 Å². The Hall–Kier alpha value is -3.56. The SMILES string of the molecule is C=C1/C(=C\C=C2/CCC[C@]3(C)[C@@H]([C@H](C)CC[C@@H](O)C(C)C)CC[C@@H]23)C[C@@H](O)C[C@@H]1O.CC(C)(C#N)c1cc(Cn2cncn2)cc(C(C)(C)C#N)c1. The number of hydrogen-bond donors (Lipinski definition) is 3. The smallest absolute Gasteiger partial charge is 0.137 e. The summed E-state index contributed by atoms with van der Waals surface area (Å²) in [4.78, 5) is 3.94. The molecule has 3 fully saturated rings. The van der Waals surface area contributed by atoms with Gasteiger partial charge >= 0.3 is 0 Å². The second-order valence-electron chi connectivity index (χ2n) is 17.5. The topological polar surface area (TPSA) is 139 Å². The standard InChI is InChI=1S/C27H44O3.C17H19N5/c1-17(2)25(29)13-8-18(3)23-11-12-24-20(7-6-14-27(23,24)5)9-10-21-15-22(28)16-26(30)19(21)4;1-16(2,9-18)14-5-13(8-22-12-20-11-21-22)6-15(7-14)17(3,4)10-19/h9-10,17-18,22-26,28-30H,4,6-8,11-16H2,1-3,5H3;5-7,11-12H,8H2,1-4H3/b20-9+,21-10-;/t18-,22-,23-,24+,25-,26+,27-;/m1./s1. The summed E-state index contributed by atoms with van der Waals surface area (Å²) < 4.78 is 1.72. The van der Waals surface area contributed by atoms with E-state index < -0.39 is 23.0 Å². The maximum absolute atomic E-state index is 10.3. The average molecular weight is 710 g/mol. The third-order valence-electron chi connectivity index (χ3n) is 12.5. The fraction of sp³-hybridized carbons (Fsp3) is 0.636. The Morgan fingerprint density at radius 3 is 2.25 bits per heavy atom. The van der Waals surface area contributed by atoms with Crippen molar-refractivity contribution in [3.05, 3.63) is 83.0 Å². The van der Waals surface area contributed by atoms with Crippen LogP contribution in [0.5, 0.6) is 0 Å². The molecular weight excluding hydrogens is 647 g/mol. The molecule has 8 nitrogen and oxygen atoms in total. The summed E-state index contributed by atoms with van der Waals surface area (Å²) in [6.07, 6.45) is 15.6. The zero-order valence-electron chi connectivity index (χ0n) is 32.9. The van der Waals surface area contributed by atoms with Gasteiger partial charge in [-0.25, -0.2) is 9.67 Å². The van der Waals surface area contributed by atoms with Crippen molar-refractivity contribution in [3.63, 3.8) is 0 Å². The number of allylic oxidation sites excluding steroid dienone is 3. The van der Waals surface area contributed by atoms with Crippen LogP contribution in [0.15, 0.2) is 66.3 Å². The molecule has 0 bridgehead atoms. The molecule has 1 aromatic heterocycles. The van der Waals surface area contributed by atoms with E-state index in [-0.39, 0.29) is 6.10 Å². The summed E-state index contributed by atoms with van der Waals surface area (Å²) >= 11 is 0. The van der Waals surface area contributed by atoms with Gasteiger partial charge in [-0.15, -0.1) is 0 Å². The van der Waals surface area contributed by atoms with Crippen LogP contribution in [-0.2, 0) is 17.4 Å². The molecule has 0 saturated heterocycles. The van der Waals surface area contributed by atoms with E-state index in [0.29, 0.717) is 42.6 Å². The highest BCUT2D eigenvalue weighted by Gasteiger charge is 2.50. The first kappa shape index (κ1) is 41.2. The van der Waals surface area contributed by atoms with E-state index in [2.05, 4.69) is 68.6 Å². The minimum atomic E-state index is -0.618. The van der Waals surface area contributed by atoms with Crippen molar-refractivity contribution in [2.45, 2.75) is 149 Å². The van der Waals surface area contributed by atoms with Crippen LogP contribution < -0.4 is 0 Å². The number of aromatic nitrogens is 3. The van der Waals surface area contributed by atoms with Crippen molar-refractivity contribution in [1.82, 2.24) is 14.8 Å². The molecule has 0 radical (unpaired) electrons. The molecule has 1 aromatic carbocycles. The van der Waals surface area contributed by atoms with Crippen LogP contribution >= 0.6 is 0 Å². The third-order valence-corrected chi connectivity index (χ3v) is 12.5. The minimum absolute atomic E-state index is 0.180. The van der Waals surface area contributed by atoms with Gasteiger partial charge in [0.2, 0.25) is 0 Å². The maximum atomic E-state index is 10.3. The predicted octanol–water partition coefficient (Wildman–Crippen LogP) is 8.49. The van der Waals surface area contributed by atoms with Gasteiger partial charge < -0.3 is 15.3 Å². The van der Waals surface area contributed by atoms with Gasteiger partial charge in [0.05, 0.1) is 47.8 Å². The number of fused-ring (bicyclic) bond motifs is 1. The summed E-state index contributed by atoms with van der Waals surface area (Å²) in [5.41, 5.74) is 5.28. The van der Waals surface area contributed by atoms with Gasteiger partial charge in [-0.1, -0.05) is 70.2 Å². The number of hydrogen-bond acceptors (Lipinski definition) is 7. The van der Waals surface area contributed by atoms with Gasteiger partial charge in [-0.3, -0.25) is 0 Å². The normalized spacial score (nSPS) is 27.8. The first-order valence-corrected chi connectivity index (χ1v) is 19.3. The molecule has 2 aromatic rings. The number of aliphatic hydroxyl groups excluding tert-OH is 3. The molecule has 3 aliphatic carbocycles. The maximum Gasteiger partial charge on any atom is 0.137 e. The quantitative estimate of drug-likeness (QED) is 0.225. The Balaban J connectivity index is 0.000000244. The van der Waals surface area contributed by atoms with Gasteiger partial charge in [0.25, 0.3) is 0 Å². The molecule has 5 rings (SSSR count). The van der Waals surface area contributed by atoms with Crippen LogP contribution in [0.1, 0.15) is 130 Å². The number of nitriles is 2. The van der Waals surface area contributed by atoms with Crippen molar-refractivity contribution < 1.29 is 15.3 Å². The molecule has 3 aliphatic rings. The van der Waals surface area contributed by atoms with Crippen molar-refractivity contribution in [1.29, 1.82) is 10.5 Å². The number of nitrogens with zero attached hydrogens (tertiary/aromatic N) is 5. The lowest BCUT2D eigenvalue weighted by Crippen LogP contribution is -2.36. The van der Waals surface area contributed by atoms with Gasteiger partial charge in [-0.05, 0) is 136 Å². The lowest BCUT2D eigenvalue weighted by molar-refractivity contribution is 0.0717. The zero-order valence-corrected chi connectivity index (χ0v) is 32.9. The molecule has 0 spiro atoms. The highest BCUT2D eigenvalue weighted by atomic mass is 16.3. The van der Waals surface area contributed by atoms with E-state index in [0.717, 1.165) is 53.0 Å². The second-order valence-corrected chi connectivity index (χ2v) is 17.5. The van der Waals surface area contributed by atoms with Crippen LogP contribution in [-0.4, -0.2) is 48.4 Å². The minimum Gasteiger partial charge on any atom is -0.393 e. The van der Waals surface area contributed by atoms with E-state index in [1.54, 1.807) is 16.6 Å². The molecular formula is C44H63N5O3. The molecule has 0 aliphatic heterocycles. The van der Waals surface area contributed by atoms with Gasteiger partial charge in [0.15, 0.2) is 0 Å². The van der Waals surface area contributed by atoms with Gasteiger partial charge in [0, 0.05) is 6.42 Å². The molecule has 8 heteroatoms. The van der Waals surface area contributed by atoms with E-state index in [1.165, 1.54) is 32.0 Å². The molecule has 0 amide bonds. The van der Waals surface area contributed by atoms with Crippen molar-refractivity contribution in [2.75, 3.05) is 0 Å². The number of benzene rings is 1. The lowest BCUT2D eigenvalue weighted by atomic mass is 9.60. The van der Waals surface area contributed by atoms with Crippen LogP contribution in [0, 0.1) is 51.7 Å². The summed E-state index contributed by atoms with van der Waals surface area (Å²) in [7, 11) is 0. The van der Waals surface area contributed by atoms with Crippen LogP contribution in [0.4, 0.5) is 0 Å². The Morgan fingerprint density at radius 2 is 1.67 bits per heavy atom. The largest absolute Gasteiger partial charge is 0.393 e. The molecule has 7 atom stereocenters. The zero-order chi connectivity index (χ0) is 38.4. The van der Waals surface area contributed by atoms with Crippen LogP contribution in [0.3, 0.4) is 0 Å². The highest BCUT2D eigenvalue weighted by Crippen LogP contribution is 2.60. The molecule has 0 unspecified atom stereocenters. The van der Waals surface area contributed by atoms with Crippen molar-refractivity contribution in [3.8, 4) is 12.1 Å². The summed E-state index contributed by atoms with van der Waals surface area (Å²) in [6.45, 7) is 21.3. The lowest BCUT2D eigenvalue weighted by Gasteiger charge is -2.44. The Morgan fingerprint density at radius 1 is 1.02 bits per heavy atom. The fourth-order valence-corrected chi connectivity index (χ4v) is 8.78. The Kier molecular flexibility index (Phi) is 13.5. The molecule has 52 heavy (non-hydrogen) atoms. The van der Waals surface area contributed by atoms with Crippen LogP contribution in [0.2, 0.25) is 0 Å². The summed E-state index contributed by atoms with van der Waals surface area (Å²) in [5, 5.41) is 53.3. The second kappa shape index (κ2) is 17.1. The summed E-state index contributed by atoms with van der Waals surface area (Å²) in [6, 6.07) is 10.6. The van der Waals surface area contributed by atoms with Crippen molar-refractivity contribution in [2.24, 2.45) is 29.1 Å². The molecule has 3 N–H and O–H groups in total. The van der Waals surface area contributed by atoms with E-state index in [1.807, 2.05) is 45.9 Å². The average Bonchev–Trinajstić information content (AvgIpc) is 3.75. The predicted molar refractivity (Wildman–Crippen MR) is 207 cm³/mol. The third kappa shape index (κ3) is 9.70. The summed E-state index contributed by atoms with van der Waals surface area (Å²) in [5.74, 6) is 2.35. The van der Waals surface area contributed by atoms with Crippen LogP contribution in [0.25, 0.3) is 0 Å². The molecule has 3 saturated carbocycles. The van der Waals surface area contributed by atoms with E-state index in [4.69, 9.17) is 0 Å². The first-order chi connectivity index (χ1) is 24.4. The van der Waals surface area contributed by atoms with E-state index >= 15 is 0 Å². The monoisotopic (exact) mass is 709 g/mol.